The number of hydrogen-bond acceptors (Lipinski definition) is 5. The molecule has 0 radical (unpaired) electrons. The molecule has 1 aromatic heterocycles. The Morgan fingerprint density at radius 2 is 2.13 bits per heavy atom. The van der Waals surface area contributed by atoms with Crippen LogP contribution in [-0.4, -0.2) is 59.0 Å². The molecule has 0 aliphatic carbocycles. The first-order valence-corrected chi connectivity index (χ1v) is 9.79. The van der Waals surface area contributed by atoms with E-state index in [2.05, 4.69) is 14.9 Å². The third-order valence-electron chi connectivity index (χ3n) is 4.80. The van der Waals surface area contributed by atoms with E-state index in [1.165, 1.54) is 6.07 Å². The molecule has 8 heteroatoms. The highest BCUT2D eigenvalue weighted by atomic mass is 32.2. The van der Waals surface area contributed by atoms with Crippen LogP contribution in [0.5, 0.6) is 0 Å². The lowest BCUT2D eigenvalue weighted by Gasteiger charge is -2.39. The molecule has 1 N–H and O–H groups in total. The highest BCUT2D eigenvalue weighted by molar-refractivity contribution is 7.89. The average molecular weight is 340 g/mol. The zero-order chi connectivity index (χ0) is 16.6. The Labute approximate surface area is 136 Å². The summed E-state index contributed by atoms with van der Waals surface area (Å²) >= 11 is 0. The maximum absolute atomic E-state index is 12.1. The highest BCUT2D eigenvalue weighted by Gasteiger charge is 2.37. The normalized spacial score (nSPS) is 27.1. The first-order valence-electron chi connectivity index (χ1n) is 8.18. The summed E-state index contributed by atoms with van der Waals surface area (Å²) in [6, 6.07) is 1.48. The SMILES string of the molecule is Cc1cc(=O)[nH]c([C@@H](C)N2CCC[C@@H](N3CCCS3(=O)=O)C2)n1. The smallest absolute Gasteiger partial charge is 0.251 e. The molecule has 3 heterocycles. The Balaban J connectivity index is 1.76. The maximum Gasteiger partial charge on any atom is 0.251 e. The topological polar surface area (TPSA) is 86.4 Å². The fraction of sp³-hybridized carbons (Fsp3) is 0.733. The minimum absolute atomic E-state index is 0.0318. The van der Waals surface area contributed by atoms with E-state index in [9.17, 15) is 13.2 Å². The van der Waals surface area contributed by atoms with Gasteiger partial charge in [0.1, 0.15) is 5.82 Å². The van der Waals surface area contributed by atoms with Gasteiger partial charge in [0.05, 0.1) is 11.8 Å². The third kappa shape index (κ3) is 3.49. The van der Waals surface area contributed by atoms with Crippen LogP contribution in [0.1, 0.15) is 43.7 Å². The molecule has 0 unspecified atom stereocenters. The summed E-state index contributed by atoms with van der Waals surface area (Å²) in [5, 5.41) is 0. The monoisotopic (exact) mass is 340 g/mol. The van der Waals surface area contributed by atoms with Crippen molar-refractivity contribution in [3.63, 3.8) is 0 Å². The summed E-state index contributed by atoms with van der Waals surface area (Å²) in [6.45, 7) is 6.04. The Morgan fingerprint density at radius 1 is 1.35 bits per heavy atom. The summed E-state index contributed by atoms with van der Waals surface area (Å²) in [6.07, 6.45) is 2.58. The summed E-state index contributed by atoms with van der Waals surface area (Å²) < 4.78 is 26.0. The van der Waals surface area contributed by atoms with Gasteiger partial charge in [0.2, 0.25) is 10.0 Å². The lowest BCUT2D eigenvalue weighted by atomic mass is 10.0. The van der Waals surface area contributed by atoms with Crippen molar-refractivity contribution in [3.05, 3.63) is 27.9 Å². The van der Waals surface area contributed by atoms with E-state index < -0.39 is 10.0 Å². The number of likely N-dealkylation sites (tertiary alicyclic amines) is 1. The van der Waals surface area contributed by atoms with E-state index >= 15 is 0 Å². The van der Waals surface area contributed by atoms with Gasteiger partial charge in [-0.2, -0.15) is 4.31 Å². The number of aryl methyl sites for hydroxylation is 1. The quantitative estimate of drug-likeness (QED) is 0.872. The van der Waals surface area contributed by atoms with Crippen LogP contribution in [-0.2, 0) is 10.0 Å². The van der Waals surface area contributed by atoms with Crippen molar-refractivity contribution in [2.24, 2.45) is 0 Å². The van der Waals surface area contributed by atoms with Crippen LogP contribution < -0.4 is 5.56 Å². The fourth-order valence-corrected chi connectivity index (χ4v) is 5.37. The summed E-state index contributed by atoms with van der Waals surface area (Å²) in [5.41, 5.74) is 0.557. The van der Waals surface area contributed by atoms with Gasteiger partial charge in [-0.1, -0.05) is 0 Å². The molecule has 2 atom stereocenters. The minimum Gasteiger partial charge on any atom is -0.309 e. The lowest BCUT2D eigenvalue weighted by molar-refractivity contribution is 0.113. The van der Waals surface area contributed by atoms with Gasteiger partial charge < -0.3 is 4.98 Å². The predicted molar refractivity (Wildman–Crippen MR) is 87.7 cm³/mol. The van der Waals surface area contributed by atoms with E-state index in [-0.39, 0.29) is 23.4 Å². The molecule has 2 aliphatic heterocycles. The van der Waals surface area contributed by atoms with Gasteiger partial charge in [-0.3, -0.25) is 9.69 Å². The summed E-state index contributed by atoms with van der Waals surface area (Å²) in [4.78, 5) is 21.1. The zero-order valence-electron chi connectivity index (χ0n) is 13.7. The predicted octanol–water partition coefficient (Wildman–Crippen LogP) is 0.639. The van der Waals surface area contributed by atoms with Gasteiger partial charge in [-0.05, 0) is 39.7 Å². The zero-order valence-corrected chi connectivity index (χ0v) is 14.5. The molecule has 2 aliphatic rings. The van der Waals surface area contributed by atoms with Gasteiger partial charge in [0, 0.05) is 30.9 Å². The molecule has 2 saturated heterocycles. The van der Waals surface area contributed by atoms with Crippen molar-refractivity contribution in [1.29, 1.82) is 0 Å². The van der Waals surface area contributed by atoms with Crippen molar-refractivity contribution >= 4 is 10.0 Å². The molecule has 23 heavy (non-hydrogen) atoms. The van der Waals surface area contributed by atoms with Crippen molar-refractivity contribution in [2.75, 3.05) is 25.4 Å². The van der Waals surface area contributed by atoms with Crippen LogP contribution in [0.15, 0.2) is 10.9 Å². The van der Waals surface area contributed by atoms with E-state index in [0.717, 1.165) is 25.8 Å². The molecule has 0 spiro atoms. The molecule has 128 valence electrons. The van der Waals surface area contributed by atoms with Crippen LogP contribution in [0.4, 0.5) is 0 Å². The number of piperidine rings is 1. The second-order valence-corrected chi connectivity index (χ2v) is 8.56. The van der Waals surface area contributed by atoms with Gasteiger partial charge in [0.15, 0.2) is 0 Å². The van der Waals surface area contributed by atoms with Crippen LogP contribution >= 0.6 is 0 Å². The van der Waals surface area contributed by atoms with Gasteiger partial charge >= 0.3 is 0 Å². The van der Waals surface area contributed by atoms with Crippen LogP contribution in [0, 0.1) is 6.92 Å². The Kier molecular flexibility index (Phi) is 4.57. The van der Waals surface area contributed by atoms with Crippen LogP contribution in [0.3, 0.4) is 0 Å². The van der Waals surface area contributed by atoms with Crippen molar-refractivity contribution in [2.45, 2.75) is 45.2 Å². The number of rotatable bonds is 3. The molecule has 7 nitrogen and oxygen atoms in total. The van der Waals surface area contributed by atoms with E-state index in [1.54, 1.807) is 11.2 Å². The Morgan fingerprint density at radius 3 is 2.78 bits per heavy atom. The van der Waals surface area contributed by atoms with Crippen LogP contribution in [0.25, 0.3) is 0 Å². The van der Waals surface area contributed by atoms with Crippen molar-refractivity contribution < 1.29 is 8.42 Å². The van der Waals surface area contributed by atoms with Crippen molar-refractivity contribution in [3.8, 4) is 0 Å². The molecule has 0 saturated carbocycles. The molecular weight excluding hydrogens is 316 g/mol. The summed E-state index contributed by atoms with van der Waals surface area (Å²) in [7, 11) is -3.08. The third-order valence-corrected chi connectivity index (χ3v) is 6.80. The first-order chi connectivity index (χ1) is 10.9. The molecule has 0 bridgehead atoms. The Hall–Kier alpha value is -1.25. The standard InChI is InChI=1S/C15H24N4O3S/c1-11-9-14(20)17-15(16-11)12(2)18-6-3-5-13(10-18)19-7-4-8-23(19,21)22/h9,12-13H,3-8,10H2,1-2H3,(H,16,17,20)/t12-,13-/m1/s1. The number of sulfonamides is 1. The van der Waals surface area contributed by atoms with Crippen molar-refractivity contribution in [1.82, 2.24) is 19.2 Å². The Bertz CT molecular complexity index is 730. The second-order valence-electron chi connectivity index (χ2n) is 6.52. The van der Waals surface area contributed by atoms with Gasteiger partial charge in [-0.25, -0.2) is 13.4 Å². The number of nitrogens with zero attached hydrogens (tertiary/aromatic N) is 3. The molecule has 0 aromatic carbocycles. The van der Waals surface area contributed by atoms with Gasteiger partial charge in [0.25, 0.3) is 5.56 Å². The largest absolute Gasteiger partial charge is 0.309 e. The lowest BCUT2D eigenvalue weighted by Crippen LogP contribution is -2.49. The van der Waals surface area contributed by atoms with Gasteiger partial charge in [-0.15, -0.1) is 0 Å². The van der Waals surface area contributed by atoms with E-state index in [0.29, 0.717) is 24.6 Å². The maximum atomic E-state index is 12.1. The molecule has 0 amide bonds. The molecule has 1 aromatic rings. The van der Waals surface area contributed by atoms with Crippen LogP contribution in [0.2, 0.25) is 0 Å². The molecule has 3 rings (SSSR count). The van der Waals surface area contributed by atoms with E-state index in [4.69, 9.17) is 0 Å². The number of nitrogens with one attached hydrogen (secondary N) is 1. The summed E-state index contributed by atoms with van der Waals surface area (Å²) in [5.74, 6) is 0.922. The van der Waals surface area contributed by atoms with E-state index in [1.807, 2.05) is 6.92 Å². The first kappa shape index (κ1) is 16.6. The fourth-order valence-electron chi connectivity index (χ4n) is 3.61. The molecular formula is C15H24N4O3S. The second kappa shape index (κ2) is 6.33. The number of aromatic nitrogens is 2. The number of hydrogen-bond donors (Lipinski definition) is 1. The number of aromatic amines is 1. The average Bonchev–Trinajstić information content (AvgIpc) is 2.85. The highest BCUT2D eigenvalue weighted by Crippen LogP contribution is 2.27. The number of H-pyrrole nitrogens is 1. The molecule has 2 fully saturated rings. The minimum atomic E-state index is -3.08.